The van der Waals surface area contributed by atoms with Gasteiger partial charge in [-0.1, -0.05) is 35.9 Å². The maximum absolute atomic E-state index is 10.5. The molecule has 0 aromatic heterocycles. The van der Waals surface area contributed by atoms with E-state index in [1.54, 1.807) is 6.08 Å². The van der Waals surface area contributed by atoms with Crippen LogP contribution in [-0.4, -0.2) is 11.1 Å². The summed E-state index contributed by atoms with van der Waals surface area (Å²) in [5, 5.41) is 8.64. The molecule has 0 unspecified atom stereocenters. The summed E-state index contributed by atoms with van der Waals surface area (Å²) in [6.45, 7) is 4.53. The zero-order valence-corrected chi connectivity index (χ0v) is 12.2. The van der Waals surface area contributed by atoms with Crippen molar-refractivity contribution in [2.75, 3.05) is 0 Å². The summed E-state index contributed by atoms with van der Waals surface area (Å²) in [5.74, 6) is -0.0842. The van der Waals surface area contributed by atoms with E-state index in [0.29, 0.717) is 6.61 Å². The fourth-order valence-electron chi connectivity index (χ4n) is 2.08. The molecule has 0 saturated heterocycles. The monoisotopic (exact) mass is 282 g/mol. The number of hydrogen-bond donors (Lipinski definition) is 1. The molecule has 0 fully saturated rings. The number of aryl methyl sites for hydroxylation is 2. The molecule has 2 aromatic carbocycles. The fraction of sp³-hybridized carbons (Fsp3) is 0.167. The highest BCUT2D eigenvalue weighted by atomic mass is 16.5. The smallest absolute Gasteiger partial charge is 0.328 e. The predicted molar refractivity (Wildman–Crippen MR) is 83.4 cm³/mol. The van der Waals surface area contributed by atoms with E-state index < -0.39 is 5.97 Å². The van der Waals surface area contributed by atoms with E-state index in [-0.39, 0.29) is 0 Å². The maximum atomic E-state index is 10.5. The quantitative estimate of drug-likeness (QED) is 0.844. The van der Waals surface area contributed by atoms with Crippen LogP contribution in [0, 0.1) is 13.8 Å². The summed E-state index contributed by atoms with van der Waals surface area (Å²) < 4.78 is 5.82. The van der Waals surface area contributed by atoms with Crippen molar-refractivity contribution < 1.29 is 14.6 Å². The third-order valence-corrected chi connectivity index (χ3v) is 3.09. The van der Waals surface area contributed by atoms with Gasteiger partial charge in [-0.05, 0) is 48.7 Å². The summed E-state index contributed by atoms with van der Waals surface area (Å²) in [5.41, 5.74) is 4.17. The van der Waals surface area contributed by atoms with Crippen molar-refractivity contribution >= 4 is 12.0 Å². The van der Waals surface area contributed by atoms with Crippen LogP contribution < -0.4 is 4.74 Å². The third-order valence-electron chi connectivity index (χ3n) is 3.09. The fourth-order valence-corrected chi connectivity index (χ4v) is 2.08. The van der Waals surface area contributed by atoms with Crippen LogP contribution >= 0.6 is 0 Å². The zero-order valence-electron chi connectivity index (χ0n) is 12.2. The summed E-state index contributed by atoms with van der Waals surface area (Å²) in [6.07, 6.45) is 2.70. The number of benzene rings is 2. The lowest BCUT2D eigenvalue weighted by atomic mass is 10.1. The second-order valence-corrected chi connectivity index (χ2v) is 4.97. The average molecular weight is 282 g/mol. The van der Waals surface area contributed by atoms with Crippen LogP contribution in [0.3, 0.4) is 0 Å². The Hall–Kier alpha value is -2.55. The van der Waals surface area contributed by atoms with Crippen LogP contribution in [0.2, 0.25) is 0 Å². The molecule has 0 atom stereocenters. The molecule has 0 heterocycles. The zero-order chi connectivity index (χ0) is 15.2. The second-order valence-electron chi connectivity index (χ2n) is 4.97. The molecule has 0 bridgehead atoms. The van der Waals surface area contributed by atoms with Gasteiger partial charge in [-0.25, -0.2) is 4.79 Å². The predicted octanol–water partition coefficient (Wildman–Crippen LogP) is 3.98. The molecule has 0 radical (unpaired) electrons. The molecule has 0 aliphatic heterocycles. The molecular formula is C18H18O3. The van der Waals surface area contributed by atoms with E-state index in [2.05, 4.69) is 13.0 Å². The van der Waals surface area contributed by atoms with Gasteiger partial charge in [0.2, 0.25) is 0 Å². The van der Waals surface area contributed by atoms with Gasteiger partial charge in [0.1, 0.15) is 12.4 Å². The molecule has 0 aliphatic rings. The van der Waals surface area contributed by atoms with Gasteiger partial charge in [0.15, 0.2) is 0 Å². The van der Waals surface area contributed by atoms with Crippen molar-refractivity contribution in [3.8, 4) is 5.75 Å². The van der Waals surface area contributed by atoms with Crippen LogP contribution in [0.15, 0.2) is 48.5 Å². The Bertz CT molecular complexity index is 672. The number of carboxylic acid groups (broad SMARTS) is 1. The van der Waals surface area contributed by atoms with Crippen LogP contribution in [0.4, 0.5) is 0 Å². The van der Waals surface area contributed by atoms with Gasteiger partial charge in [0, 0.05) is 6.08 Å². The standard InChI is InChI=1S/C18H18O3/c1-13-6-8-17(14(2)10-13)21-12-16-5-3-4-15(11-16)7-9-18(19)20/h3-11H,12H2,1-2H3,(H,19,20). The Kier molecular flexibility index (Phi) is 4.77. The number of hydrogen-bond acceptors (Lipinski definition) is 2. The highest BCUT2D eigenvalue weighted by molar-refractivity contribution is 5.85. The van der Waals surface area contributed by atoms with Gasteiger partial charge < -0.3 is 9.84 Å². The van der Waals surface area contributed by atoms with Gasteiger partial charge in [-0.3, -0.25) is 0 Å². The summed E-state index contributed by atoms with van der Waals surface area (Å²) in [7, 11) is 0. The largest absolute Gasteiger partial charge is 0.489 e. The van der Waals surface area contributed by atoms with Crippen molar-refractivity contribution in [3.63, 3.8) is 0 Å². The number of ether oxygens (including phenoxy) is 1. The first-order valence-corrected chi connectivity index (χ1v) is 6.74. The molecule has 2 rings (SSSR count). The molecule has 0 amide bonds. The summed E-state index contributed by atoms with van der Waals surface area (Å²) in [6, 6.07) is 13.7. The van der Waals surface area contributed by atoms with Crippen LogP contribution in [0.1, 0.15) is 22.3 Å². The molecule has 2 aromatic rings. The van der Waals surface area contributed by atoms with Gasteiger partial charge in [0.25, 0.3) is 0 Å². The molecule has 1 N–H and O–H groups in total. The molecule has 0 spiro atoms. The van der Waals surface area contributed by atoms with Crippen molar-refractivity contribution in [2.24, 2.45) is 0 Å². The number of aliphatic carboxylic acids is 1. The third kappa shape index (κ3) is 4.49. The average Bonchev–Trinajstić information content (AvgIpc) is 2.45. The topological polar surface area (TPSA) is 46.5 Å². The Morgan fingerprint density at radius 2 is 2.00 bits per heavy atom. The minimum Gasteiger partial charge on any atom is -0.489 e. The highest BCUT2D eigenvalue weighted by Crippen LogP contribution is 2.20. The molecule has 3 heteroatoms. The first-order chi connectivity index (χ1) is 10.0. The van der Waals surface area contributed by atoms with Crippen LogP contribution in [0.5, 0.6) is 5.75 Å². The lowest BCUT2D eigenvalue weighted by Gasteiger charge is -2.10. The first kappa shape index (κ1) is 14.9. The molecule has 0 aliphatic carbocycles. The van der Waals surface area contributed by atoms with E-state index in [1.807, 2.05) is 43.3 Å². The highest BCUT2D eigenvalue weighted by Gasteiger charge is 2.01. The molecule has 3 nitrogen and oxygen atoms in total. The lowest BCUT2D eigenvalue weighted by molar-refractivity contribution is -0.131. The SMILES string of the molecule is Cc1ccc(OCc2cccc(C=CC(=O)O)c2)c(C)c1. The van der Waals surface area contributed by atoms with Crippen LogP contribution in [0.25, 0.3) is 6.08 Å². The molecule has 108 valence electrons. The van der Waals surface area contributed by atoms with Crippen molar-refractivity contribution in [1.29, 1.82) is 0 Å². The number of carbonyl (C=O) groups is 1. The van der Waals surface area contributed by atoms with E-state index >= 15 is 0 Å². The number of carboxylic acids is 1. The minimum atomic E-state index is -0.952. The molecule has 21 heavy (non-hydrogen) atoms. The summed E-state index contributed by atoms with van der Waals surface area (Å²) in [4.78, 5) is 10.5. The van der Waals surface area contributed by atoms with Gasteiger partial charge in [-0.2, -0.15) is 0 Å². The Morgan fingerprint density at radius 3 is 2.71 bits per heavy atom. The minimum absolute atomic E-state index is 0.457. The van der Waals surface area contributed by atoms with Crippen molar-refractivity contribution in [3.05, 3.63) is 70.8 Å². The van der Waals surface area contributed by atoms with Crippen LogP contribution in [-0.2, 0) is 11.4 Å². The number of rotatable bonds is 5. The molecule has 0 saturated carbocycles. The normalized spacial score (nSPS) is 10.8. The van der Waals surface area contributed by atoms with E-state index in [9.17, 15) is 4.79 Å². The second kappa shape index (κ2) is 6.75. The Morgan fingerprint density at radius 1 is 1.19 bits per heavy atom. The summed E-state index contributed by atoms with van der Waals surface area (Å²) >= 11 is 0. The van der Waals surface area contributed by atoms with Gasteiger partial charge in [0.05, 0.1) is 0 Å². The van der Waals surface area contributed by atoms with Crippen molar-refractivity contribution in [2.45, 2.75) is 20.5 Å². The van der Waals surface area contributed by atoms with E-state index in [4.69, 9.17) is 9.84 Å². The lowest BCUT2D eigenvalue weighted by Crippen LogP contribution is -1.97. The maximum Gasteiger partial charge on any atom is 0.328 e. The van der Waals surface area contributed by atoms with E-state index in [1.165, 1.54) is 5.56 Å². The van der Waals surface area contributed by atoms with Gasteiger partial charge in [-0.15, -0.1) is 0 Å². The molecular weight excluding hydrogens is 264 g/mol. The van der Waals surface area contributed by atoms with Gasteiger partial charge >= 0.3 is 5.97 Å². The first-order valence-electron chi connectivity index (χ1n) is 6.74. The Balaban J connectivity index is 2.06. The Labute approximate surface area is 124 Å². The van der Waals surface area contributed by atoms with Crippen molar-refractivity contribution in [1.82, 2.24) is 0 Å². The van der Waals surface area contributed by atoms with E-state index in [0.717, 1.165) is 28.5 Å².